The minimum atomic E-state index is -4.27. The average Bonchev–Trinajstić information content (AvgIpc) is 2.41. The predicted octanol–water partition coefficient (Wildman–Crippen LogP) is 3.53. The number of oxime groups is 1. The Bertz CT molecular complexity index is 478. The van der Waals surface area contributed by atoms with Crippen LogP contribution < -0.4 is 9.47 Å². The molecule has 0 bridgehead atoms. The zero-order valence-corrected chi connectivity index (χ0v) is 11.7. The molecule has 1 aromatic rings. The Kier molecular flexibility index (Phi) is 6.00. The fourth-order valence-electron chi connectivity index (χ4n) is 1.41. The van der Waals surface area contributed by atoms with Gasteiger partial charge < -0.3 is 14.7 Å². The van der Waals surface area contributed by atoms with Gasteiger partial charge in [-0.25, -0.2) is 0 Å². The maximum absolute atomic E-state index is 12.0. The van der Waals surface area contributed by atoms with Crippen molar-refractivity contribution in [2.24, 2.45) is 5.16 Å². The monoisotopic (exact) mass is 309 g/mol. The molecule has 112 valence electrons. The highest BCUT2D eigenvalue weighted by atomic mass is 32.2. The van der Waals surface area contributed by atoms with E-state index in [0.717, 1.165) is 0 Å². The van der Waals surface area contributed by atoms with E-state index < -0.39 is 5.51 Å². The first-order valence-electron chi connectivity index (χ1n) is 5.58. The lowest BCUT2D eigenvalue weighted by Crippen LogP contribution is -2.09. The van der Waals surface area contributed by atoms with Crippen molar-refractivity contribution in [3.63, 3.8) is 0 Å². The summed E-state index contributed by atoms with van der Waals surface area (Å²) in [6, 6.07) is 4.78. The van der Waals surface area contributed by atoms with E-state index in [1.54, 1.807) is 19.1 Å². The first kappa shape index (κ1) is 16.5. The van der Waals surface area contributed by atoms with Gasteiger partial charge in [-0.05, 0) is 30.8 Å². The Labute approximate surface area is 118 Å². The van der Waals surface area contributed by atoms with Gasteiger partial charge in [-0.1, -0.05) is 5.16 Å². The summed E-state index contributed by atoms with van der Waals surface area (Å²) >= 11 is -0.153. The van der Waals surface area contributed by atoms with E-state index in [0.29, 0.717) is 22.8 Å². The van der Waals surface area contributed by atoms with Crippen LogP contribution in [0.25, 0.3) is 0 Å². The molecule has 0 unspecified atom stereocenters. The standard InChI is InChI=1S/C12H14F3NO3S/c1-8(16-17)10-4-3-9(18-2)7-11(10)19-5-6-20-12(13,14)15/h3-4,7,17H,5-6H2,1-2H3/b16-8+. The summed E-state index contributed by atoms with van der Waals surface area (Å²) in [6.07, 6.45) is 0. The molecule has 1 N–H and O–H groups in total. The molecule has 8 heteroatoms. The molecule has 1 aromatic carbocycles. The number of thioether (sulfide) groups is 1. The summed E-state index contributed by atoms with van der Waals surface area (Å²) in [5.74, 6) is 0.579. The van der Waals surface area contributed by atoms with Crippen molar-refractivity contribution in [1.29, 1.82) is 0 Å². The fraction of sp³-hybridized carbons (Fsp3) is 0.417. The molecule has 0 aliphatic heterocycles. The molecule has 0 saturated carbocycles. The maximum atomic E-state index is 12.0. The number of rotatable bonds is 6. The van der Waals surface area contributed by atoms with Gasteiger partial charge in [0.05, 0.1) is 19.4 Å². The zero-order chi connectivity index (χ0) is 15.2. The molecule has 0 radical (unpaired) electrons. The van der Waals surface area contributed by atoms with E-state index in [-0.39, 0.29) is 24.1 Å². The van der Waals surface area contributed by atoms with Crippen LogP contribution in [0.5, 0.6) is 11.5 Å². The number of methoxy groups -OCH3 is 1. The van der Waals surface area contributed by atoms with Crippen LogP contribution in [0.1, 0.15) is 12.5 Å². The van der Waals surface area contributed by atoms with Gasteiger partial charge in [0.1, 0.15) is 11.5 Å². The Hall–Kier alpha value is -1.57. The van der Waals surface area contributed by atoms with Gasteiger partial charge >= 0.3 is 5.51 Å². The van der Waals surface area contributed by atoms with E-state index in [9.17, 15) is 13.2 Å². The molecule has 0 aliphatic rings. The summed E-state index contributed by atoms with van der Waals surface area (Å²) in [5, 5.41) is 11.8. The molecule has 1 rings (SSSR count). The van der Waals surface area contributed by atoms with Crippen molar-refractivity contribution < 1.29 is 27.9 Å². The SMILES string of the molecule is COc1ccc(/C(C)=N/O)c(OCCSC(F)(F)F)c1. The molecule has 0 aromatic heterocycles. The van der Waals surface area contributed by atoms with E-state index in [4.69, 9.17) is 14.7 Å². The molecule has 4 nitrogen and oxygen atoms in total. The molecule has 20 heavy (non-hydrogen) atoms. The fourth-order valence-corrected chi connectivity index (χ4v) is 1.81. The second-order valence-corrected chi connectivity index (χ2v) is 4.85. The Balaban J connectivity index is 2.76. The van der Waals surface area contributed by atoms with Gasteiger partial charge in [-0.3, -0.25) is 0 Å². The summed E-state index contributed by atoms with van der Waals surface area (Å²) in [5.41, 5.74) is -3.49. The Morgan fingerprint density at radius 2 is 2.10 bits per heavy atom. The van der Waals surface area contributed by atoms with Crippen molar-refractivity contribution in [1.82, 2.24) is 0 Å². The quantitative estimate of drug-likeness (QED) is 0.378. The number of ether oxygens (including phenoxy) is 2. The summed E-state index contributed by atoms with van der Waals surface area (Å²) < 4.78 is 46.3. The van der Waals surface area contributed by atoms with Crippen LogP contribution in [0, 0.1) is 0 Å². The first-order chi connectivity index (χ1) is 9.37. The summed E-state index contributed by atoms with van der Waals surface area (Å²) in [7, 11) is 1.46. The third-order valence-electron chi connectivity index (χ3n) is 2.34. The number of benzene rings is 1. The van der Waals surface area contributed by atoms with Gasteiger partial charge in [0.2, 0.25) is 0 Å². The van der Waals surface area contributed by atoms with Crippen LogP contribution in [0.3, 0.4) is 0 Å². The molecule has 0 saturated heterocycles. The van der Waals surface area contributed by atoms with Gasteiger partial charge in [-0.2, -0.15) is 13.2 Å². The average molecular weight is 309 g/mol. The van der Waals surface area contributed by atoms with Crippen molar-refractivity contribution in [2.45, 2.75) is 12.4 Å². The summed E-state index contributed by atoms with van der Waals surface area (Å²) in [4.78, 5) is 0. The van der Waals surface area contributed by atoms with E-state index >= 15 is 0 Å². The molecule has 0 aliphatic carbocycles. The van der Waals surface area contributed by atoms with E-state index in [2.05, 4.69) is 5.16 Å². The minimum Gasteiger partial charge on any atom is -0.497 e. The van der Waals surface area contributed by atoms with Crippen LogP contribution in [0.15, 0.2) is 23.4 Å². The second kappa shape index (κ2) is 7.28. The Morgan fingerprint density at radius 3 is 2.65 bits per heavy atom. The van der Waals surface area contributed by atoms with E-state index in [1.807, 2.05) is 0 Å². The lowest BCUT2D eigenvalue weighted by Gasteiger charge is -2.12. The molecular weight excluding hydrogens is 295 g/mol. The van der Waals surface area contributed by atoms with Crippen molar-refractivity contribution in [3.05, 3.63) is 23.8 Å². The number of alkyl halides is 3. The van der Waals surface area contributed by atoms with Crippen LogP contribution in [-0.4, -0.2) is 35.9 Å². The lowest BCUT2D eigenvalue weighted by atomic mass is 10.1. The third-order valence-corrected chi connectivity index (χ3v) is 3.03. The number of nitrogens with zero attached hydrogens (tertiary/aromatic N) is 1. The smallest absolute Gasteiger partial charge is 0.441 e. The lowest BCUT2D eigenvalue weighted by molar-refractivity contribution is -0.0329. The molecule has 0 amide bonds. The highest BCUT2D eigenvalue weighted by Gasteiger charge is 2.27. The minimum absolute atomic E-state index is 0.122. The number of halogens is 3. The van der Waals surface area contributed by atoms with Crippen LogP contribution >= 0.6 is 11.8 Å². The molecular formula is C12H14F3NO3S. The Morgan fingerprint density at radius 1 is 1.40 bits per heavy atom. The van der Waals surface area contributed by atoms with Crippen molar-refractivity contribution in [3.8, 4) is 11.5 Å². The third kappa shape index (κ3) is 5.20. The van der Waals surface area contributed by atoms with Crippen molar-refractivity contribution in [2.75, 3.05) is 19.5 Å². The zero-order valence-electron chi connectivity index (χ0n) is 10.9. The largest absolute Gasteiger partial charge is 0.497 e. The van der Waals surface area contributed by atoms with Crippen LogP contribution in [0.2, 0.25) is 0 Å². The second-order valence-electron chi connectivity index (χ2n) is 3.69. The maximum Gasteiger partial charge on any atom is 0.441 e. The van der Waals surface area contributed by atoms with E-state index in [1.165, 1.54) is 13.2 Å². The number of hydrogen-bond donors (Lipinski definition) is 1. The van der Waals surface area contributed by atoms with Gasteiger partial charge in [0.25, 0.3) is 0 Å². The van der Waals surface area contributed by atoms with Gasteiger partial charge in [0, 0.05) is 17.4 Å². The molecule has 0 heterocycles. The molecule has 0 atom stereocenters. The first-order valence-corrected chi connectivity index (χ1v) is 6.56. The molecule has 0 spiro atoms. The summed E-state index contributed by atoms with van der Waals surface area (Å²) in [6.45, 7) is 1.43. The van der Waals surface area contributed by atoms with Crippen molar-refractivity contribution >= 4 is 17.5 Å². The highest BCUT2D eigenvalue weighted by molar-refractivity contribution is 8.00. The van der Waals surface area contributed by atoms with Gasteiger partial charge in [0.15, 0.2) is 0 Å². The van der Waals surface area contributed by atoms with Crippen LogP contribution in [-0.2, 0) is 0 Å². The van der Waals surface area contributed by atoms with Gasteiger partial charge in [-0.15, -0.1) is 0 Å². The predicted molar refractivity (Wildman–Crippen MR) is 71.0 cm³/mol. The normalized spacial score (nSPS) is 12.3. The topological polar surface area (TPSA) is 51.0 Å². The molecule has 0 fully saturated rings. The van der Waals surface area contributed by atoms with Crippen LogP contribution in [0.4, 0.5) is 13.2 Å². The highest BCUT2D eigenvalue weighted by Crippen LogP contribution is 2.30. The number of hydrogen-bond acceptors (Lipinski definition) is 5.